The Bertz CT molecular complexity index is 579. The number of rotatable bonds is 3. The molecule has 1 spiro atoms. The summed E-state index contributed by atoms with van der Waals surface area (Å²) in [6, 6.07) is 7.70. The van der Waals surface area contributed by atoms with Crippen LogP contribution in [0.4, 0.5) is 5.69 Å². The molecule has 1 aromatic rings. The van der Waals surface area contributed by atoms with Gasteiger partial charge in [-0.05, 0) is 36.8 Å². The van der Waals surface area contributed by atoms with Crippen molar-refractivity contribution < 1.29 is 9.59 Å². The molecule has 98 valence electrons. The lowest BCUT2D eigenvalue weighted by molar-refractivity contribution is -0.125. The number of anilines is 1. The largest absolute Gasteiger partial charge is 0.356 e. The van der Waals surface area contributed by atoms with Gasteiger partial charge in [-0.2, -0.15) is 0 Å². The molecule has 4 nitrogen and oxygen atoms in total. The van der Waals surface area contributed by atoms with Crippen LogP contribution < -0.4 is 10.6 Å². The van der Waals surface area contributed by atoms with Crippen LogP contribution in [0.15, 0.2) is 24.3 Å². The predicted octanol–water partition coefficient (Wildman–Crippen LogP) is 1.42. The number of benzene rings is 1. The van der Waals surface area contributed by atoms with E-state index in [1.54, 1.807) is 0 Å². The number of hydrogen-bond donors (Lipinski definition) is 2. The molecule has 2 N–H and O–H groups in total. The number of nitrogens with one attached hydrogen (secondary N) is 2. The standard InChI is InChI=1S/C15H16N2O2/c18-13(16-8-9-5-6-9)11-7-15(11)10-3-1-2-4-12(10)17-14(15)19/h1-4,9,11H,5-8H2,(H,16,18)(H,17,19)/t11-,15+/m1/s1. The van der Waals surface area contributed by atoms with Gasteiger partial charge in [0.05, 0.1) is 11.3 Å². The van der Waals surface area contributed by atoms with E-state index < -0.39 is 5.41 Å². The normalized spacial score (nSPS) is 30.9. The Morgan fingerprint density at radius 1 is 1.37 bits per heavy atom. The van der Waals surface area contributed by atoms with E-state index in [1.807, 2.05) is 24.3 Å². The SMILES string of the molecule is O=C(NCC1CC1)[C@H]1C[C@@]12C(=O)Nc1ccccc12. The minimum Gasteiger partial charge on any atom is -0.356 e. The predicted molar refractivity (Wildman–Crippen MR) is 70.6 cm³/mol. The van der Waals surface area contributed by atoms with E-state index in [4.69, 9.17) is 0 Å². The molecule has 2 amide bonds. The number of para-hydroxylation sites is 1. The summed E-state index contributed by atoms with van der Waals surface area (Å²) in [6.07, 6.45) is 3.09. The molecule has 2 fully saturated rings. The fourth-order valence-electron chi connectivity index (χ4n) is 3.16. The van der Waals surface area contributed by atoms with Gasteiger partial charge in [-0.15, -0.1) is 0 Å². The summed E-state index contributed by atoms with van der Waals surface area (Å²) in [5.74, 6) is 0.511. The molecular formula is C15H16N2O2. The molecule has 0 radical (unpaired) electrons. The quantitative estimate of drug-likeness (QED) is 0.859. The Kier molecular flexibility index (Phi) is 2.08. The molecule has 2 saturated carbocycles. The first-order chi connectivity index (χ1) is 9.22. The molecule has 2 aliphatic carbocycles. The van der Waals surface area contributed by atoms with Gasteiger partial charge in [-0.25, -0.2) is 0 Å². The number of carbonyl (C=O) groups excluding carboxylic acids is 2. The van der Waals surface area contributed by atoms with Crippen LogP contribution in [0, 0.1) is 11.8 Å². The molecule has 19 heavy (non-hydrogen) atoms. The average molecular weight is 256 g/mol. The summed E-state index contributed by atoms with van der Waals surface area (Å²) < 4.78 is 0. The number of hydrogen-bond acceptors (Lipinski definition) is 2. The molecular weight excluding hydrogens is 240 g/mol. The van der Waals surface area contributed by atoms with E-state index in [2.05, 4.69) is 10.6 Å². The van der Waals surface area contributed by atoms with E-state index >= 15 is 0 Å². The van der Waals surface area contributed by atoms with Crippen LogP contribution in [0.3, 0.4) is 0 Å². The van der Waals surface area contributed by atoms with Gasteiger partial charge in [-0.1, -0.05) is 18.2 Å². The summed E-state index contributed by atoms with van der Waals surface area (Å²) in [6.45, 7) is 0.772. The topological polar surface area (TPSA) is 58.2 Å². The average Bonchev–Trinajstić information content (AvgIpc) is 3.29. The van der Waals surface area contributed by atoms with Crippen molar-refractivity contribution >= 4 is 17.5 Å². The maximum atomic E-state index is 12.2. The lowest BCUT2D eigenvalue weighted by atomic mass is 9.94. The first-order valence-corrected chi connectivity index (χ1v) is 6.90. The number of carbonyl (C=O) groups is 2. The van der Waals surface area contributed by atoms with Gasteiger partial charge in [-0.3, -0.25) is 9.59 Å². The first kappa shape index (κ1) is 11.0. The van der Waals surface area contributed by atoms with Crippen molar-refractivity contribution in [3.05, 3.63) is 29.8 Å². The summed E-state index contributed by atoms with van der Waals surface area (Å²) in [5, 5.41) is 5.88. The van der Waals surface area contributed by atoms with Crippen LogP contribution in [0.1, 0.15) is 24.8 Å². The highest BCUT2D eigenvalue weighted by Crippen LogP contribution is 2.59. The van der Waals surface area contributed by atoms with Crippen LogP contribution in [-0.2, 0) is 15.0 Å². The maximum absolute atomic E-state index is 12.2. The molecule has 3 aliphatic rings. The van der Waals surface area contributed by atoms with Crippen molar-refractivity contribution in [1.29, 1.82) is 0 Å². The van der Waals surface area contributed by atoms with Gasteiger partial charge in [0.1, 0.15) is 0 Å². The maximum Gasteiger partial charge on any atom is 0.235 e. The van der Waals surface area contributed by atoms with Crippen LogP contribution in [0.2, 0.25) is 0 Å². The molecule has 0 bridgehead atoms. The van der Waals surface area contributed by atoms with Crippen LogP contribution >= 0.6 is 0 Å². The van der Waals surface area contributed by atoms with Crippen LogP contribution in [0.25, 0.3) is 0 Å². The smallest absolute Gasteiger partial charge is 0.235 e. The van der Waals surface area contributed by atoms with Crippen molar-refractivity contribution in [2.24, 2.45) is 11.8 Å². The van der Waals surface area contributed by atoms with Crippen molar-refractivity contribution in [1.82, 2.24) is 5.32 Å². The molecule has 0 unspecified atom stereocenters. The highest BCUT2D eigenvalue weighted by Gasteiger charge is 2.67. The minimum atomic E-state index is -0.579. The van der Waals surface area contributed by atoms with E-state index in [0.717, 1.165) is 17.8 Å². The summed E-state index contributed by atoms with van der Waals surface area (Å²) in [7, 11) is 0. The van der Waals surface area contributed by atoms with Crippen molar-refractivity contribution in [3.8, 4) is 0 Å². The Labute approximate surface area is 111 Å². The molecule has 0 aromatic heterocycles. The Hall–Kier alpha value is -1.84. The Morgan fingerprint density at radius 2 is 2.16 bits per heavy atom. The molecule has 2 atom stereocenters. The van der Waals surface area contributed by atoms with Gasteiger partial charge in [0.25, 0.3) is 0 Å². The van der Waals surface area contributed by atoms with Crippen molar-refractivity contribution in [3.63, 3.8) is 0 Å². The summed E-state index contributed by atoms with van der Waals surface area (Å²) in [5.41, 5.74) is 1.28. The zero-order valence-electron chi connectivity index (χ0n) is 10.6. The van der Waals surface area contributed by atoms with Gasteiger partial charge in [0.15, 0.2) is 0 Å². The third kappa shape index (κ3) is 1.52. The number of amides is 2. The lowest BCUT2D eigenvalue weighted by Gasteiger charge is -2.08. The van der Waals surface area contributed by atoms with E-state index in [0.29, 0.717) is 12.3 Å². The highest BCUT2D eigenvalue weighted by atomic mass is 16.2. The summed E-state index contributed by atoms with van der Waals surface area (Å²) in [4.78, 5) is 24.4. The fraction of sp³-hybridized carbons (Fsp3) is 0.467. The van der Waals surface area contributed by atoms with E-state index in [-0.39, 0.29) is 17.7 Å². The van der Waals surface area contributed by atoms with E-state index in [9.17, 15) is 9.59 Å². The van der Waals surface area contributed by atoms with Crippen molar-refractivity contribution in [2.75, 3.05) is 11.9 Å². The Balaban J connectivity index is 1.56. The van der Waals surface area contributed by atoms with Gasteiger partial charge in [0.2, 0.25) is 11.8 Å². The van der Waals surface area contributed by atoms with Gasteiger partial charge >= 0.3 is 0 Å². The third-order valence-corrected chi connectivity index (χ3v) is 4.60. The van der Waals surface area contributed by atoms with E-state index in [1.165, 1.54) is 12.8 Å². The minimum absolute atomic E-state index is 0.0136. The molecule has 1 aromatic carbocycles. The lowest BCUT2D eigenvalue weighted by Crippen LogP contribution is -2.32. The highest BCUT2D eigenvalue weighted by molar-refractivity contribution is 6.12. The molecule has 4 rings (SSSR count). The zero-order valence-corrected chi connectivity index (χ0v) is 10.6. The molecule has 1 aliphatic heterocycles. The number of fused-ring (bicyclic) bond motifs is 2. The Morgan fingerprint density at radius 3 is 2.95 bits per heavy atom. The van der Waals surface area contributed by atoms with Crippen LogP contribution in [0.5, 0.6) is 0 Å². The molecule has 0 saturated heterocycles. The van der Waals surface area contributed by atoms with Gasteiger partial charge < -0.3 is 10.6 Å². The molecule has 4 heteroatoms. The second-order valence-electron chi connectivity index (χ2n) is 5.92. The summed E-state index contributed by atoms with van der Waals surface area (Å²) >= 11 is 0. The fourth-order valence-corrected chi connectivity index (χ4v) is 3.16. The second kappa shape index (κ2) is 3.59. The second-order valence-corrected chi connectivity index (χ2v) is 5.92. The molecule has 1 heterocycles. The zero-order chi connectivity index (χ0) is 13.0. The monoisotopic (exact) mass is 256 g/mol. The van der Waals surface area contributed by atoms with Gasteiger partial charge in [0, 0.05) is 12.2 Å². The third-order valence-electron chi connectivity index (χ3n) is 4.60. The first-order valence-electron chi connectivity index (χ1n) is 6.90. The van der Waals surface area contributed by atoms with Crippen molar-refractivity contribution in [2.45, 2.75) is 24.7 Å². The van der Waals surface area contributed by atoms with Crippen LogP contribution in [-0.4, -0.2) is 18.4 Å².